The lowest BCUT2D eigenvalue weighted by molar-refractivity contribution is -0.133. The van der Waals surface area contributed by atoms with Gasteiger partial charge in [0.25, 0.3) is 0 Å². The van der Waals surface area contributed by atoms with Crippen LogP contribution in [0, 0.1) is 13.8 Å². The van der Waals surface area contributed by atoms with Crippen LogP contribution in [0.2, 0.25) is 0 Å². The highest BCUT2D eigenvalue weighted by Crippen LogP contribution is 2.21. The largest absolute Gasteiger partial charge is 0.338 e. The SMILES string of the molecule is CCn1cc(S(=O)(=O)N2CCN(C(=O)Cn3cc(Br)c(C)n3)CC2)c(C)n1. The molecular formula is C16H23BrN6O3S. The Morgan fingerprint density at radius 1 is 1.07 bits per heavy atom. The van der Waals surface area contributed by atoms with E-state index in [1.54, 1.807) is 33.6 Å². The lowest BCUT2D eigenvalue weighted by atomic mass is 10.3. The Kier molecular flexibility index (Phi) is 5.73. The summed E-state index contributed by atoms with van der Waals surface area (Å²) in [6.07, 6.45) is 3.34. The first-order valence-corrected chi connectivity index (χ1v) is 11.0. The highest BCUT2D eigenvalue weighted by atomic mass is 79.9. The first-order valence-electron chi connectivity index (χ1n) is 8.74. The number of aromatic nitrogens is 4. The van der Waals surface area contributed by atoms with Gasteiger partial charge in [-0.25, -0.2) is 8.42 Å². The Hall–Kier alpha value is -1.72. The van der Waals surface area contributed by atoms with Gasteiger partial charge in [0.05, 0.1) is 15.9 Å². The molecule has 0 N–H and O–H groups in total. The maximum absolute atomic E-state index is 12.9. The maximum Gasteiger partial charge on any atom is 0.246 e. The van der Waals surface area contributed by atoms with Crippen molar-refractivity contribution in [3.63, 3.8) is 0 Å². The van der Waals surface area contributed by atoms with Crippen LogP contribution in [0.3, 0.4) is 0 Å². The fraction of sp³-hybridized carbons (Fsp3) is 0.562. The van der Waals surface area contributed by atoms with E-state index in [0.717, 1.165) is 10.2 Å². The van der Waals surface area contributed by atoms with Crippen LogP contribution in [-0.4, -0.2) is 69.3 Å². The van der Waals surface area contributed by atoms with Gasteiger partial charge < -0.3 is 4.90 Å². The molecule has 27 heavy (non-hydrogen) atoms. The predicted octanol–water partition coefficient (Wildman–Crippen LogP) is 1.01. The molecule has 1 aliphatic rings. The van der Waals surface area contributed by atoms with E-state index in [0.29, 0.717) is 25.3 Å². The molecule has 1 amide bonds. The molecule has 9 nitrogen and oxygen atoms in total. The van der Waals surface area contributed by atoms with E-state index >= 15 is 0 Å². The standard InChI is InChI=1S/C16H23BrN6O3S/c1-4-21-10-15(13(3)19-21)27(25,26)23-7-5-20(6-8-23)16(24)11-22-9-14(17)12(2)18-22/h9-10H,4-8,11H2,1-3H3. The number of hydrogen-bond acceptors (Lipinski definition) is 5. The van der Waals surface area contributed by atoms with Gasteiger partial charge in [-0.3, -0.25) is 14.2 Å². The van der Waals surface area contributed by atoms with Gasteiger partial charge in [0.15, 0.2) is 0 Å². The minimum absolute atomic E-state index is 0.0722. The summed E-state index contributed by atoms with van der Waals surface area (Å²) in [6.45, 7) is 7.48. The molecule has 1 aliphatic heterocycles. The van der Waals surface area contributed by atoms with E-state index < -0.39 is 10.0 Å². The molecule has 1 fully saturated rings. The van der Waals surface area contributed by atoms with E-state index in [9.17, 15) is 13.2 Å². The van der Waals surface area contributed by atoms with Gasteiger partial charge >= 0.3 is 0 Å². The van der Waals surface area contributed by atoms with Gasteiger partial charge in [-0.15, -0.1) is 0 Å². The smallest absolute Gasteiger partial charge is 0.246 e. The number of amides is 1. The van der Waals surface area contributed by atoms with Crippen LogP contribution in [-0.2, 0) is 27.9 Å². The van der Waals surface area contributed by atoms with Crippen LogP contribution in [0.4, 0.5) is 0 Å². The molecule has 3 rings (SSSR count). The van der Waals surface area contributed by atoms with E-state index in [-0.39, 0.29) is 30.4 Å². The summed E-state index contributed by atoms with van der Waals surface area (Å²) in [5, 5.41) is 8.49. The first kappa shape index (κ1) is 20.0. The van der Waals surface area contributed by atoms with Gasteiger partial charge in [-0.1, -0.05) is 0 Å². The first-order chi connectivity index (χ1) is 12.7. The monoisotopic (exact) mass is 458 g/mol. The highest BCUT2D eigenvalue weighted by Gasteiger charge is 2.32. The van der Waals surface area contributed by atoms with Crippen molar-refractivity contribution < 1.29 is 13.2 Å². The van der Waals surface area contributed by atoms with Crippen molar-refractivity contribution in [2.45, 2.75) is 38.8 Å². The molecule has 2 aromatic rings. The Morgan fingerprint density at radius 3 is 2.22 bits per heavy atom. The number of rotatable bonds is 5. The van der Waals surface area contributed by atoms with Crippen LogP contribution in [0.25, 0.3) is 0 Å². The van der Waals surface area contributed by atoms with Crippen LogP contribution in [0.5, 0.6) is 0 Å². The summed E-state index contributed by atoms with van der Waals surface area (Å²) < 4.78 is 31.3. The second kappa shape index (κ2) is 7.72. The number of sulfonamides is 1. The van der Waals surface area contributed by atoms with Crippen molar-refractivity contribution in [2.75, 3.05) is 26.2 Å². The molecule has 2 aromatic heterocycles. The number of hydrogen-bond donors (Lipinski definition) is 0. The van der Waals surface area contributed by atoms with Gasteiger partial charge in [-0.2, -0.15) is 14.5 Å². The molecule has 0 aromatic carbocycles. The summed E-state index contributed by atoms with van der Waals surface area (Å²) in [6, 6.07) is 0. The molecule has 1 saturated heterocycles. The third-order valence-electron chi connectivity index (χ3n) is 4.62. The number of carbonyl (C=O) groups excluding carboxylic acids is 1. The Balaban J connectivity index is 1.63. The quantitative estimate of drug-likeness (QED) is 0.666. The summed E-state index contributed by atoms with van der Waals surface area (Å²) >= 11 is 3.38. The normalized spacial score (nSPS) is 16.1. The second-order valence-corrected chi connectivity index (χ2v) is 9.24. The van der Waals surface area contributed by atoms with Crippen LogP contribution < -0.4 is 0 Å². The van der Waals surface area contributed by atoms with Crippen LogP contribution in [0.15, 0.2) is 21.8 Å². The third kappa shape index (κ3) is 4.09. The number of halogens is 1. The second-order valence-electron chi connectivity index (χ2n) is 6.48. The Morgan fingerprint density at radius 2 is 1.70 bits per heavy atom. The molecule has 0 spiro atoms. The Bertz CT molecular complexity index is 924. The van der Waals surface area contributed by atoms with Gasteiger partial charge in [0.2, 0.25) is 15.9 Å². The molecule has 0 radical (unpaired) electrons. The van der Waals surface area contributed by atoms with Crippen molar-refractivity contribution in [1.29, 1.82) is 0 Å². The number of nitrogens with zero attached hydrogens (tertiary/aromatic N) is 6. The summed E-state index contributed by atoms with van der Waals surface area (Å²) in [5.41, 5.74) is 1.32. The van der Waals surface area contributed by atoms with E-state index in [1.165, 1.54) is 4.31 Å². The van der Waals surface area contributed by atoms with Crippen molar-refractivity contribution in [3.05, 3.63) is 28.3 Å². The lowest BCUT2D eigenvalue weighted by Crippen LogP contribution is -2.51. The molecule has 0 atom stereocenters. The van der Waals surface area contributed by atoms with E-state index in [2.05, 4.69) is 26.1 Å². The summed E-state index contributed by atoms with van der Waals surface area (Å²) in [4.78, 5) is 14.4. The maximum atomic E-state index is 12.9. The topological polar surface area (TPSA) is 93.3 Å². The molecule has 148 valence electrons. The molecule has 0 bridgehead atoms. The Labute approximate surface area is 167 Å². The number of carbonyl (C=O) groups is 1. The van der Waals surface area contributed by atoms with E-state index in [4.69, 9.17) is 0 Å². The predicted molar refractivity (Wildman–Crippen MR) is 103 cm³/mol. The molecular weight excluding hydrogens is 436 g/mol. The van der Waals surface area contributed by atoms with Gasteiger partial charge in [0.1, 0.15) is 11.4 Å². The fourth-order valence-corrected chi connectivity index (χ4v) is 4.95. The highest BCUT2D eigenvalue weighted by molar-refractivity contribution is 9.10. The summed E-state index contributed by atoms with van der Waals surface area (Å²) in [5.74, 6) is -0.0722. The van der Waals surface area contributed by atoms with Crippen molar-refractivity contribution in [2.24, 2.45) is 0 Å². The van der Waals surface area contributed by atoms with Crippen molar-refractivity contribution in [1.82, 2.24) is 28.8 Å². The molecule has 11 heteroatoms. The number of piperazine rings is 1. The average molecular weight is 459 g/mol. The zero-order chi connectivity index (χ0) is 19.8. The van der Waals surface area contributed by atoms with Crippen LogP contribution >= 0.6 is 15.9 Å². The van der Waals surface area contributed by atoms with Crippen molar-refractivity contribution in [3.8, 4) is 0 Å². The molecule has 0 saturated carbocycles. The molecule has 3 heterocycles. The minimum atomic E-state index is -3.60. The molecule has 0 aliphatic carbocycles. The summed E-state index contributed by atoms with van der Waals surface area (Å²) in [7, 11) is -3.60. The van der Waals surface area contributed by atoms with E-state index in [1.807, 2.05) is 13.8 Å². The zero-order valence-corrected chi connectivity index (χ0v) is 18.0. The lowest BCUT2D eigenvalue weighted by Gasteiger charge is -2.33. The fourth-order valence-electron chi connectivity index (χ4n) is 3.04. The molecule has 0 unspecified atom stereocenters. The van der Waals surface area contributed by atoms with Crippen molar-refractivity contribution >= 4 is 31.9 Å². The minimum Gasteiger partial charge on any atom is -0.338 e. The zero-order valence-electron chi connectivity index (χ0n) is 15.6. The average Bonchev–Trinajstić information content (AvgIpc) is 3.17. The van der Waals surface area contributed by atoms with Gasteiger partial charge in [-0.05, 0) is 36.7 Å². The van der Waals surface area contributed by atoms with Gasteiger partial charge in [0, 0.05) is 45.1 Å². The number of aryl methyl sites for hydroxylation is 3. The van der Waals surface area contributed by atoms with Crippen LogP contribution in [0.1, 0.15) is 18.3 Å². The third-order valence-corrected chi connectivity index (χ3v) is 7.40.